The molecule has 30 heavy (non-hydrogen) atoms. The molecule has 0 heterocycles. The molecule has 2 rings (SSSR count). The quantitative estimate of drug-likeness (QED) is 0.181. The molecule has 0 spiro atoms. The molecule has 0 saturated carbocycles. The largest absolute Gasteiger partial charge is 0.504 e. The minimum absolute atomic E-state index is 0.206. The molecule has 0 amide bonds. The average molecular weight is 421 g/mol. The van der Waals surface area contributed by atoms with Crippen LogP contribution in [0.25, 0.3) is 0 Å². The molecule has 8 nitrogen and oxygen atoms in total. The van der Waals surface area contributed by atoms with E-state index in [9.17, 15) is 30.6 Å². The molecule has 2 aromatic rings. The van der Waals surface area contributed by atoms with Crippen molar-refractivity contribution in [3.63, 3.8) is 0 Å². The Balaban J connectivity index is 1.48. The van der Waals surface area contributed by atoms with Crippen LogP contribution in [0.15, 0.2) is 36.4 Å². The van der Waals surface area contributed by atoms with Crippen molar-refractivity contribution in [2.24, 2.45) is 0 Å². The normalized spacial score (nSPS) is 13.3. The average Bonchev–Trinajstić information content (AvgIpc) is 2.73. The first-order chi connectivity index (χ1) is 14.4. The fourth-order valence-corrected chi connectivity index (χ4v) is 3.06. The van der Waals surface area contributed by atoms with Crippen LogP contribution in [0.3, 0.4) is 0 Å². The monoisotopic (exact) mass is 420 g/mol. The van der Waals surface area contributed by atoms with Crippen molar-refractivity contribution in [3.05, 3.63) is 47.5 Å². The van der Waals surface area contributed by atoms with Gasteiger partial charge in [0.25, 0.3) is 0 Å². The van der Waals surface area contributed by atoms with E-state index < -0.39 is 12.2 Å². The van der Waals surface area contributed by atoms with Crippen LogP contribution in [0, 0.1) is 0 Å². The van der Waals surface area contributed by atoms with E-state index in [4.69, 9.17) is 0 Å². The number of aliphatic hydroxyl groups is 2. The van der Waals surface area contributed by atoms with Crippen LogP contribution >= 0.6 is 0 Å². The first-order valence-electron chi connectivity index (χ1n) is 10.2. The zero-order chi connectivity index (χ0) is 21.9. The minimum Gasteiger partial charge on any atom is -0.504 e. The second-order valence-corrected chi connectivity index (χ2v) is 7.35. The van der Waals surface area contributed by atoms with Gasteiger partial charge in [0, 0.05) is 13.1 Å². The van der Waals surface area contributed by atoms with Gasteiger partial charge in [-0.2, -0.15) is 0 Å². The molecule has 0 unspecified atom stereocenters. The maximum absolute atomic E-state index is 10.1. The summed E-state index contributed by atoms with van der Waals surface area (Å²) in [6.07, 6.45) is 2.54. The summed E-state index contributed by atoms with van der Waals surface area (Å²) in [7, 11) is 0. The minimum atomic E-state index is -0.748. The van der Waals surface area contributed by atoms with Crippen LogP contribution in [-0.2, 0) is 0 Å². The van der Waals surface area contributed by atoms with Gasteiger partial charge in [0.1, 0.15) is 0 Å². The molecule has 0 aliphatic carbocycles. The third kappa shape index (κ3) is 7.72. The number of phenolic OH excluding ortho intramolecular Hbond substituents is 4. The smallest absolute Gasteiger partial charge is 0.157 e. The molecular weight excluding hydrogens is 388 g/mol. The van der Waals surface area contributed by atoms with Crippen LogP contribution in [-0.4, -0.2) is 56.8 Å². The standard InChI is InChI=1S/C22H32N2O6/c25-17-7-5-15(11-19(17)27)21(29)13-23-9-3-1-2-4-10-24-14-22(30)16-6-8-18(26)20(28)12-16/h5-8,11-12,21-30H,1-4,9-10,13-14H2/t21-,22+. The second kappa shape index (κ2) is 12.2. The Kier molecular flexibility index (Phi) is 9.69. The molecule has 0 radical (unpaired) electrons. The van der Waals surface area contributed by atoms with Crippen molar-refractivity contribution < 1.29 is 30.6 Å². The van der Waals surface area contributed by atoms with Gasteiger partial charge in [0.05, 0.1) is 12.2 Å². The Morgan fingerprint density at radius 1 is 0.567 bits per heavy atom. The maximum Gasteiger partial charge on any atom is 0.157 e. The topological polar surface area (TPSA) is 145 Å². The van der Waals surface area contributed by atoms with Crippen molar-refractivity contribution in [2.45, 2.75) is 37.9 Å². The molecule has 2 atom stereocenters. The maximum atomic E-state index is 10.1. The van der Waals surface area contributed by atoms with E-state index in [1.165, 1.54) is 24.3 Å². The summed E-state index contributed by atoms with van der Waals surface area (Å²) in [5.74, 6) is -0.895. The van der Waals surface area contributed by atoms with Crippen LogP contribution in [0.2, 0.25) is 0 Å². The number of benzene rings is 2. The van der Waals surface area contributed by atoms with Gasteiger partial charge < -0.3 is 41.3 Å². The summed E-state index contributed by atoms with van der Waals surface area (Å²) in [6.45, 7) is 2.29. The summed E-state index contributed by atoms with van der Waals surface area (Å²) in [6, 6.07) is 8.59. The lowest BCUT2D eigenvalue weighted by Gasteiger charge is -2.13. The Bertz CT molecular complexity index is 721. The number of rotatable bonds is 13. The summed E-state index contributed by atoms with van der Waals surface area (Å²) < 4.78 is 0. The van der Waals surface area contributed by atoms with Gasteiger partial charge in [-0.3, -0.25) is 0 Å². The Labute approximate surface area is 176 Å². The third-order valence-corrected chi connectivity index (χ3v) is 4.90. The van der Waals surface area contributed by atoms with Gasteiger partial charge in [-0.1, -0.05) is 25.0 Å². The molecule has 8 heteroatoms. The predicted octanol–water partition coefficient (Wildman–Crippen LogP) is 2.02. The summed E-state index contributed by atoms with van der Waals surface area (Å²) in [5, 5.41) is 64.0. The van der Waals surface area contributed by atoms with E-state index in [-0.39, 0.29) is 23.0 Å². The van der Waals surface area contributed by atoms with E-state index in [1.807, 2.05) is 0 Å². The Morgan fingerprint density at radius 2 is 0.967 bits per heavy atom. The van der Waals surface area contributed by atoms with Crippen LogP contribution in [0.1, 0.15) is 49.0 Å². The highest BCUT2D eigenvalue weighted by atomic mass is 16.3. The van der Waals surface area contributed by atoms with Crippen molar-refractivity contribution in [1.29, 1.82) is 0 Å². The lowest BCUT2D eigenvalue weighted by molar-refractivity contribution is 0.173. The van der Waals surface area contributed by atoms with E-state index in [0.717, 1.165) is 38.8 Å². The van der Waals surface area contributed by atoms with Gasteiger partial charge >= 0.3 is 0 Å². The zero-order valence-electron chi connectivity index (χ0n) is 17.0. The number of hydrogen-bond donors (Lipinski definition) is 8. The van der Waals surface area contributed by atoms with Gasteiger partial charge in [0.15, 0.2) is 23.0 Å². The second-order valence-electron chi connectivity index (χ2n) is 7.35. The SMILES string of the molecule is Oc1ccc([C@H](O)CNCCCCCCNC[C@H](O)c2ccc(O)c(O)c2)cc1O. The molecule has 0 aliphatic heterocycles. The lowest BCUT2D eigenvalue weighted by atomic mass is 10.1. The van der Waals surface area contributed by atoms with Crippen LogP contribution in [0.4, 0.5) is 0 Å². The van der Waals surface area contributed by atoms with Gasteiger partial charge in [0.2, 0.25) is 0 Å². The fourth-order valence-electron chi connectivity index (χ4n) is 3.06. The van der Waals surface area contributed by atoms with Crippen LogP contribution in [0.5, 0.6) is 23.0 Å². The predicted molar refractivity (Wildman–Crippen MR) is 114 cm³/mol. The number of aromatic hydroxyl groups is 4. The zero-order valence-corrected chi connectivity index (χ0v) is 17.0. The molecular formula is C22H32N2O6. The number of nitrogens with one attached hydrogen (secondary N) is 2. The lowest BCUT2D eigenvalue weighted by Crippen LogP contribution is -2.23. The molecule has 0 fully saturated rings. The van der Waals surface area contributed by atoms with Gasteiger partial charge in [-0.15, -0.1) is 0 Å². The fraction of sp³-hybridized carbons (Fsp3) is 0.455. The molecule has 0 aliphatic rings. The first-order valence-corrected chi connectivity index (χ1v) is 10.2. The first kappa shape index (κ1) is 23.8. The third-order valence-electron chi connectivity index (χ3n) is 4.90. The summed E-state index contributed by atoms with van der Waals surface area (Å²) in [4.78, 5) is 0. The molecule has 0 saturated heterocycles. The number of unbranched alkanes of at least 4 members (excludes halogenated alkanes) is 3. The van der Waals surface area contributed by atoms with E-state index in [0.29, 0.717) is 24.2 Å². The van der Waals surface area contributed by atoms with Gasteiger partial charge in [-0.25, -0.2) is 0 Å². The van der Waals surface area contributed by atoms with Crippen molar-refractivity contribution in [1.82, 2.24) is 10.6 Å². The molecule has 2 aromatic carbocycles. The van der Waals surface area contributed by atoms with Crippen molar-refractivity contribution >= 4 is 0 Å². The van der Waals surface area contributed by atoms with E-state index >= 15 is 0 Å². The van der Waals surface area contributed by atoms with Crippen molar-refractivity contribution in [3.8, 4) is 23.0 Å². The van der Waals surface area contributed by atoms with E-state index in [2.05, 4.69) is 10.6 Å². The number of aliphatic hydroxyl groups excluding tert-OH is 2. The summed E-state index contributed by atoms with van der Waals surface area (Å²) in [5.41, 5.74) is 1.10. The molecule has 0 bridgehead atoms. The molecule has 8 N–H and O–H groups in total. The summed E-state index contributed by atoms with van der Waals surface area (Å²) >= 11 is 0. The molecule has 166 valence electrons. The van der Waals surface area contributed by atoms with Crippen molar-refractivity contribution in [2.75, 3.05) is 26.2 Å². The highest BCUT2D eigenvalue weighted by molar-refractivity contribution is 5.42. The number of hydrogen-bond acceptors (Lipinski definition) is 8. The number of phenols is 4. The van der Waals surface area contributed by atoms with E-state index in [1.54, 1.807) is 12.1 Å². The Hall–Kier alpha value is -2.52. The van der Waals surface area contributed by atoms with Gasteiger partial charge in [-0.05, 0) is 61.3 Å². The van der Waals surface area contributed by atoms with Crippen LogP contribution < -0.4 is 10.6 Å². The highest BCUT2D eigenvalue weighted by Gasteiger charge is 2.10. The molecule has 0 aromatic heterocycles. The Morgan fingerprint density at radius 3 is 1.33 bits per heavy atom. The highest BCUT2D eigenvalue weighted by Crippen LogP contribution is 2.28.